The molecule has 2 unspecified atom stereocenters. The first-order valence-corrected chi connectivity index (χ1v) is 7.13. The molecule has 4 rings (SSSR count). The van der Waals surface area contributed by atoms with Gasteiger partial charge in [-0.1, -0.05) is 23.8 Å². The number of ether oxygens (including phenoxy) is 1. The Morgan fingerprint density at radius 3 is 2.94 bits per heavy atom. The average Bonchev–Trinajstić information content (AvgIpc) is 2.98. The molecule has 1 saturated carbocycles. The monoisotopic (exact) mass is 240 g/mol. The van der Waals surface area contributed by atoms with Gasteiger partial charge in [0.2, 0.25) is 0 Å². The minimum atomic E-state index is 0.601. The van der Waals surface area contributed by atoms with E-state index in [0.717, 1.165) is 11.7 Å². The van der Waals surface area contributed by atoms with E-state index in [2.05, 4.69) is 24.3 Å². The van der Waals surface area contributed by atoms with Crippen molar-refractivity contribution in [2.24, 2.45) is 11.3 Å². The Hall–Kier alpha value is -1.24. The van der Waals surface area contributed by atoms with Gasteiger partial charge in [-0.2, -0.15) is 0 Å². The molecule has 2 bridgehead atoms. The molecule has 0 heterocycles. The van der Waals surface area contributed by atoms with Gasteiger partial charge in [0, 0.05) is 0 Å². The number of allylic oxidation sites excluding steroid dienone is 2. The van der Waals surface area contributed by atoms with Gasteiger partial charge in [0.25, 0.3) is 0 Å². The Kier molecular flexibility index (Phi) is 2.15. The van der Waals surface area contributed by atoms with Crippen LogP contribution in [0.5, 0.6) is 5.75 Å². The Morgan fingerprint density at radius 2 is 2.22 bits per heavy atom. The fourth-order valence-corrected chi connectivity index (χ4v) is 4.59. The lowest BCUT2D eigenvalue weighted by atomic mass is 9.64. The van der Waals surface area contributed by atoms with E-state index in [0.29, 0.717) is 5.41 Å². The van der Waals surface area contributed by atoms with Gasteiger partial charge in [-0.25, -0.2) is 0 Å². The standard InChI is InChI=1S/C17H20O/c1-18-16-4-2-3-13-11-17(8-7-15(13)16)10-12-5-6-14(17)9-12/h2-5,14H,6-11H2,1H3. The summed E-state index contributed by atoms with van der Waals surface area (Å²) in [5.74, 6) is 2.04. The molecule has 0 saturated heterocycles. The lowest BCUT2D eigenvalue weighted by Gasteiger charge is -2.40. The summed E-state index contributed by atoms with van der Waals surface area (Å²) in [6.45, 7) is 0. The van der Waals surface area contributed by atoms with Crippen molar-refractivity contribution in [2.45, 2.75) is 38.5 Å². The molecule has 0 aliphatic heterocycles. The first-order valence-electron chi connectivity index (χ1n) is 7.13. The molecular weight excluding hydrogens is 220 g/mol. The molecule has 1 aromatic rings. The molecule has 0 aromatic heterocycles. The van der Waals surface area contributed by atoms with Gasteiger partial charge < -0.3 is 4.74 Å². The molecule has 2 atom stereocenters. The predicted octanol–water partition coefficient (Wildman–Crippen LogP) is 3.91. The lowest BCUT2D eigenvalue weighted by Crippen LogP contribution is -2.33. The van der Waals surface area contributed by atoms with Gasteiger partial charge in [-0.3, -0.25) is 0 Å². The zero-order valence-electron chi connectivity index (χ0n) is 11.0. The first-order chi connectivity index (χ1) is 8.81. The fraction of sp³-hybridized carbons (Fsp3) is 0.529. The number of fused-ring (bicyclic) bond motifs is 4. The third-order valence-corrected chi connectivity index (χ3v) is 5.51. The number of rotatable bonds is 1. The van der Waals surface area contributed by atoms with Crippen LogP contribution in [0.4, 0.5) is 0 Å². The van der Waals surface area contributed by atoms with Crippen molar-refractivity contribution in [3.05, 3.63) is 41.0 Å². The van der Waals surface area contributed by atoms with Crippen molar-refractivity contribution in [3.8, 4) is 5.75 Å². The summed E-state index contributed by atoms with van der Waals surface area (Å²) in [6, 6.07) is 6.59. The molecular formula is C17H20O. The summed E-state index contributed by atoms with van der Waals surface area (Å²) in [7, 11) is 1.79. The van der Waals surface area contributed by atoms with Crippen molar-refractivity contribution >= 4 is 0 Å². The fourth-order valence-electron chi connectivity index (χ4n) is 4.59. The summed E-state index contributed by atoms with van der Waals surface area (Å²) in [5.41, 5.74) is 5.37. The van der Waals surface area contributed by atoms with E-state index in [1.54, 1.807) is 18.2 Å². The second kappa shape index (κ2) is 3.63. The minimum absolute atomic E-state index is 0.601. The summed E-state index contributed by atoms with van der Waals surface area (Å²) in [5, 5.41) is 0. The van der Waals surface area contributed by atoms with Crippen LogP contribution in [0.25, 0.3) is 0 Å². The molecule has 1 fully saturated rings. The Balaban J connectivity index is 1.72. The highest BCUT2D eigenvalue weighted by Gasteiger charge is 2.48. The second-order valence-corrected chi connectivity index (χ2v) is 6.31. The topological polar surface area (TPSA) is 9.23 Å². The predicted molar refractivity (Wildman–Crippen MR) is 72.9 cm³/mol. The highest BCUT2D eigenvalue weighted by Crippen LogP contribution is 2.58. The summed E-state index contributed by atoms with van der Waals surface area (Å²) in [6.07, 6.45) is 10.5. The van der Waals surface area contributed by atoms with Crippen molar-refractivity contribution in [3.63, 3.8) is 0 Å². The van der Waals surface area contributed by atoms with Gasteiger partial charge in [0.15, 0.2) is 0 Å². The van der Waals surface area contributed by atoms with Crippen LogP contribution >= 0.6 is 0 Å². The highest BCUT2D eigenvalue weighted by molar-refractivity contribution is 5.44. The lowest BCUT2D eigenvalue weighted by molar-refractivity contribution is 0.167. The maximum absolute atomic E-state index is 5.51. The van der Waals surface area contributed by atoms with E-state index in [9.17, 15) is 0 Å². The van der Waals surface area contributed by atoms with Crippen molar-refractivity contribution in [1.82, 2.24) is 0 Å². The van der Waals surface area contributed by atoms with Gasteiger partial charge in [0.1, 0.15) is 5.75 Å². The van der Waals surface area contributed by atoms with Crippen LogP contribution in [0.3, 0.4) is 0 Å². The number of benzene rings is 1. The second-order valence-electron chi connectivity index (χ2n) is 6.31. The van der Waals surface area contributed by atoms with Crippen LogP contribution in [0.1, 0.15) is 36.8 Å². The molecule has 0 radical (unpaired) electrons. The summed E-state index contributed by atoms with van der Waals surface area (Å²) >= 11 is 0. The molecule has 94 valence electrons. The van der Waals surface area contributed by atoms with E-state index >= 15 is 0 Å². The molecule has 3 aliphatic rings. The highest BCUT2D eigenvalue weighted by atomic mass is 16.5. The van der Waals surface area contributed by atoms with Gasteiger partial charge >= 0.3 is 0 Å². The zero-order valence-corrected chi connectivity index (χ0v) is 11.0. The molecule has 1 nitrogen and oxygen atoms in total. The molecule has 1 heteroatoms. The van der Waals surface area contributed by atoms with Crippen LogP contribution in [0.2, 0.25) is 0 Å². The Labute approximate surface area is 109 Å². The number of hydrogen-bond donors (Lipinski definition) is 0. The smallest absolute Gasteiger partial charge is 0.122 e. The first kappa shape index (κ1) is 10.7. The van der Waals surface area contributed by atoms with Crippen LogP contribution in [0, 0.1) is 11.3 Å². The summed E-state index contributed by atoms with van der Waals surface area (Å²) < 4.78 is 5.51. The molecule has 0 amide bonds. The molecule has 1 spiro atoms. The maximum Gasteiger partial charge on any atom is 0.122 e. The third-order valence-electron chi connectivity index (χ3n) is 5.51. The molecule has 1 aromatic carbocycles. The van der Waals surface area contributed by atoms with E-state index in [4.69, 9.17) is 4.74 Å². The van der Waals surface area contributed by atoms with Crippen molar-refractivity contribution < 1.29 is 4.74 Å². The normalized spacial score (nSPS) is 32.5. The average molecular weight is 240 g/mol. The molecule has 3 aliphatic carbocycles. The van der Waals surface area contributed by atoms with Crippen LogP contribution in [-0.4, -0.2) is 7.11 Å². The van der Waals surface area contributed by atoms with E-state index in [1.807, 2.05) is 0 Å². The van der Waals surface area contributed by atoms with E-state index in [-0.39, 0.29) is 0 Å². The van der Waals surface area contributed by atoms with Crippen LogP contribution in [0.15, 0.2) is 29.8 Å². The Morgan fingerprint density at radius 1 is 1.28 bits per heavy atom. The van der Waals surface area contributed by atoms with Gasteiger partial charge in [-0.15, -0.1) is 0 Å². The number of methoxy groups -OCH3 is 1. The quantitative estimate of drug-likeness (QED) is 0.676. The SMILES string of the molecule is COc1cccc2c1CCC1(CC3=CCC1C3)C2. The van der Waals surface area contributed by atoms with Crippen LogP contribution < -0.4 is 4.74 Å². The number of hydrogen-bond acceptors (Lipinski definition) is 1. The van der Waals surface area contributed by atoms with E-state index < -0.39 is 0 Å². The third kappa shape index (κ3) is 1.33. The van der Waals surface area contributed by atoms with E-state index in [1.165, 1.54) is 44.1 Å². The largest absolute Gasteiger partial charge is 0.496 e. The Bertz CT molecular complexity index is 528. The maximum atomic E-state index is 5.51. The van der Waals surface area contributed by atoms with Crippen LogP contribution in [-0.2, 0) is 12.8 Å². The zero-order chi connectivity index (χ0) is 12.2. The molecule has 18 heavy (non-hydrogen) atoms. The molecule has 0 N–H and O–H groups in total. The van der Waals surface area contributed by atoms with Gasteiger partial charge in [-0.05, 0) is 67.1 Å². The minimum Gasteiger partial charge on any atom is -0.496 e. The van der Waals surface area contributed by atoms with Gasteiger partial charge in [0.05, 0.1) is 7.11 Å². The van der Waals surface area contributed by atoms with Crippen molar-refractivity contribution in [1.29, 1.82) is 0 Å². The van der Waals surface area contributed by atoms with Crippen molar-refractivity contribution in [2.75, 3.05) is 7.11 Å². The summed E-state index contributed by atoms with van der Waals surface area (Å²) in [4.78, 5) is 0.